The van der Waals surface area contributed by atoms with Crippen LogP contribution < -0.4 is 0 Å². The van der Waals surface area contributed by atoms with Crippen molar-refractivity contribution in [3.63, 3.8) is 0 Å². The number of ether oxygens (including phenoxy) is 1. The second-order valence-corrected chi connectivity index (χ2v) is 5.93. The van der Waals surface area contributed by atoms with E-state index in [9.17, 15) is 9.59 Å². The van der Waals surface area contributed by atoms with Crippen LogP contribution in [0.4, 0.5) is 0 Å². The summed E-state index contributed by atoms with van der Waals surface area (Å²) in [4.78, 5) is 28.7. The third-order valence-corrected chi connectivity index (χ3v) is 4.57. The first-order chi connectivity index (χ1) is 11.5. The van der Waals surface area contributed by atoms with E-state index in [1.165, 1.54) is 4.90 Å². The molecule has 0 aromatic heterocycles. The number of benzene rings is 1. The van der Waals surface area contributed by atoms with Gasteiger partial charge in [0.05, 0.1) is 6.61 Å². The van der Waals surface area contributed by atoms with Crippen molar-refractivity contribution < 1.29 is 14.3 Å². The van der Waals surface area contributed by atoms with E-state index in [-0.39, 0.29) is 24.4 Å². The standard InChI is InChI=1S/C19H26N2O3/c1-5-15(6-2)20(11-12-24-4)18(22)13-21-14(3)16-9-7-8-10-17(16)19(21)23/h7-10,15H,3,5-6,11-13H2,1-2,4H3. The molecule has 24 heavy (non-hydrogen) atoms. The summed E-state index contributed by atoms with van der Waals surface area (Å²) in [6.07, 6.45) is 1.75. The highest BCUT2D eigenvalue weighted by Crippen LogP contribution is 2.31. The van der Waals surface area contributed by atoms with Gasteiger partial charge in [0, 0.05) is 36.5 Å². The fourth-order valence-electron chi connectivity index (χ4n) is 3.16. The van der Waals surface area contributed by atoms with Gasteiger partial charge in [-0.05, 0) is 18.9 Å². The smallest absolute Gasteiger partial charge is 0.259 e. The molecule has 5 nitrogen and oxygen atoms in total. The second-order valence-electron chi connectivity index (χ2n) is 5.93. The van der Waals surface area contributed by atoms with Gasteiger partial charge in [-0.2, -0.15) is 0 Å². The number of hydrogen-bond acceptors (Lipinski definition) is 3. The minimum atomic E-state index is -0.153. The molecule has 0 saturated heterocycles. The minimum absolute atomic E-state index is 0.0204. The van der Waals surface area contributed by atoms with E-state index in [1.807, 2.05) is 23.1 Å². The first-order valence-corrected chi connectivity index (χ1v) is 8.43. The van der Waals surface area contributed by atoms with E-state index in [4.69, 9.17) is 4.74 Å². The highest BCUT2D eigenvalue weighted by Gasteiger charge is 2.33. The third kappa shape index (κ3) is 3.51. The monoisotopic (exact) mass is 330 g/mol. The summed E-state index contributed by atoms with van der Waals surface area (Å²) in [5, 5.41) is 0. The summed E-state index contributed by atoms with van der Waals surface area (Å²) < 4.78 is 5.13. The molecule has 5 heteroatoms. The Morgan fingerprint density at radius 3 is 2.42 bits per heavy atom. The van der Waals surface area contributed by atoms with Gasteiger partial charge in [-0.3, -0.25) is 14.5 Å². The zero-order valence-corrected chi connectivity index (χ0v) is 14.7. The third-order valence-electron chi connectivity index (χ3n) is 4.57. The highest BCUT2D eigenvalue weighted by atomic mass is 16.5. The van der Waals surface area contributed by atoms with Gasteiger partial charge in [0.2, 0.25) is 5.91 Å². The molecule has 1 aliphatic heterocycles. The Hall–Kier alpha value is -2.14. The molecule has 1 aromatic rings. The maximum absolute atomic E-state index is 12.8. The van der Waals surface area contributed by atoms with E-state index < -0.39 is 0 Å². The predicted octanol–water partition coefficient (Wildman–Crippen LogP) is 2.78. The van der Waals surface area contributed by atoms with E-state index in [0.717, 1.165) is 18.4 Å². The van der Waals surface area contributed by atoms with Crippen molar-refractivity contribution in [2.24, 2.45) is 0 Å². The molecule has 0 spiro atoms. The summed E-state index contributed by atoms with van der Waals surface area (Å²) in [6, 6.07) is 7.49. The van der Waals surface area contributed by atoms with Crippen molar-refractivity contribution in [2.45, 2.75) is 32.7 Å². The molecule has 1 aromatic carbocycles. The quantitative estimate of drug-likeness (QED) is 0.736. The zero-order chi connectivity index (χ0) is 17.7. The number of nitrogens with zero attached hydrogens (tertiary/aromatic N) is 2. The lowest BCUT2D eigenvalue weighted by Crippen LogP contribution is -2.46. The van der Waals surface area contributed by atoms with Gasteiger partial charge in [-0.25, -0.2) is 0 Å². The normalized spacial score (nSPS) is 13.6. The lowest BCUT2D eigenvalue weighted by molar-refractivity contribution is -0.134. The maximum atomic E-state index is 12.8. The molecule has 0 saturated carbocycles. The van der Waals surface area contributed by atoms with Crippen molar-refractivity contribution in [1.82, 2.24) is 9.80 Å². The number of hydrogen-bond donors (Lipinski definition) is 0. The first-order valence-electron chi connectivity index (χ1n) is 8.43. The highest BCUT2D eigenvalue weighted by molar-refractivity contribution is 6.10. The van der Waals surface area contributed by atoms with Crippen LogP contribution >= 0.6 is 0 Å². The van der Waals surface area contributed by atoms with Gasteiger partial charge in [0.25, 0.3) is 5.91 Å². The topological polar surface area (TPSA) is 49.9 Å². The Bertz CT molecular complexity index is 588. The molecule has 0 atom stereocenters. The van der Waals surface area contributed by atoms with Crippen LogP contribution in [0.25, 0.3) is 5.70 Å². The minimum Gasteiger partial charge on any atom is -0.383 e. The van der Waals surface area contributed by atoms with Crippen molar-refractivity contribution in [2.75, 3.05) is 26.8 Å². The van der Waals surface area contributed by atoms with Gasteiger partial charge in [0.1, 0.15) is 6.54 Å². The zero-order valence-electron chi connectivity index (χ0n) is 14.7. The summed E-state index contributed by atoms with van der Waals surface area (Å²) in [7, 11) is 1.62. The van der Waals surface area contributed by atoms with Crippen LogP contribution in [0.1, 0.15) is 42.6 Å². The summed E-state index contributed by atoms with van der Waals surface area (Å²) in [6.45, 7) is 9.16. The molecular weight excluding hydrogens is 304 g/mol. The molecule has 130 valence electrons. The predicted molar refractivity (Wildman–Crippen MR) is 94.5 cm³/mol. The Morgan fingerprint density at radius 1 is 1.25 bits per heavy atom. The van der Waals surface area contributed by atoms with E-state index in [0.29, 0.717) is 24.4 Å². The first kappa shape index (κ1) is 18.2. The van der Waals surface area contributed by atoms with Gasteiger partial charge < -0.3 is 9.64 Å². The van der Waals surface area contributed by atoms with Gasteiger partial charge in [-0.1, -0.05) is 38.6 Å². The summed E-state index contributed by atoms with van der Waals surface area (Å²) in [5.74, 6) is -0.219. The number of carbonyl (C=O) groups excluding carboxylic acids is 2. The Kier molecular flexibility index (Phi) is 6.15. The van der Waals surface area contributed by atoms with E-state index >= 15 is 0 Å². The van der Waals surface area contributed by atoms with Gasteiger partial charge in [0.15, 0.2) is 0 Å². The van der Waals surface area contributed by atoms with Crippen LogP contribution in [0.5, 0.6) is 0 Å². The fourth-order valence-corrected chi connectivity index (χ4v) is 3.16. The van der Waals surface area contributed by atoms with Crippen LogP contribution in [-0.2, 0) is 9.53 Å². The van der Waals surface area contributed by atoms with Crippen molar-refractivity contribution in [1.29, 1.82) is 0 Å². The number of methoxy groups -OCH3 is 1. The Labute approximate surface area is 143 Å². The van der Waals surface area contributed by atoms with Crippen LogP contribution in [-0.4, -0.2) is 54.5 Å². The van der Waals surface area contributed by atoms with Crippen molar-refractivity contribution in [3.8, 4) is 0 Å². The fraction of sp³-hybridized carbons (Fsp3) is 0.474. The molecule has 1 aliphatic rings. The van der Waals surface area contributed by atoms with Crippen molar-refractivity contribution in [3.05, 3.63) is 42.0 Å². The van der Waals surface area contributed by atoms with Gasteiger partial charge >= 0.3 is 0 Å². The van der Waals surface area contributed by atoms with E-state index in [1.54, 1.807) is 13.2 Å². The lowest BCUT2D eigenvalue weighted by Gasteiger charge is -2.32. The number of fused-ring (bicyclic) bond motifs is 1. The number of amides is 2. The molecule has 0 radical (unpaired) electrons. The summed E-state index contributed by atoms with van der Waals surface area (Å²) >= 11 is 0. The van der Waals surface area contributed by atoms with Crippen LogP contribution in [0, 0.1) is 0 Å². The molecule has 2 amide bonds. The van der Waals surface area contributed by atoms with Crippen LogP contribution in [0.15, 0.2) is 30.8 Å². The molecule has 0 bridgehead atoms. The molecule has 2 rings (SSSR count). The molecule has 0 N–H and O–H groups in total. The number of carbonyl (C=O) groups is 2. The molecule has 0 aliphatic carbocycles. The largest absolute Gasteiger partial charge is 0.383 e. The van der Waals surface area contributed by atoms with Crippen LogP contribution in [0.2, 0.25) is 0 Å². The second kappa shape index (κ2) is 8.11. The molecule has 0 unspecified atom stereocenters. The molecular formula is C19H26N2O3. The Morgan fingerprint density at radius 2 is 1.88 bits per heavy atom. The van der Waals surface area contributed by atoms with Crippen LogP contribution in [0.3, 0.4) is 0 Å². The average molecular weight is 330 g/mol. The lowest BCUT2D eigenvalue weighted by atomic mass is 10.1. The van der Waals surface area contributed by atoms with E-state index in [2.05, 4.69) is 20.4 Å². The molecule has 1 heterocycles. The average Bonchev–Trinajstić information content (AvgIpc) is 2.84. The van der Waals surface area contributed by atoms with Gasteiger partial charge in [-0.15, -0.1) is 0 Å². The SMILES string of the molecule is C=C1c2ccccc2C(=O)N1CC(=O)N(CCOC)C(CC)CC. The van der Waals surface area contributed by atoms with Crippen molar-refractivity contribution >= 4 is 17.5 Å². The Balaban J connectivity index is 2.15. The summed E-state index contributed by atoms with van der Waals surface area (Å²) in [5.41, 5.74) is 2.02. The number of rotatable bonds is 8. The molecule has 0 fully saturated rings. The maximum Gasteiger partial charge on any atom is 0.259 e.